The highest BCUT2D eigenvalue weighted by Gasteiger charge is 2.31. The summed E-state index contributed by atoms with van der Waals surface area (Å²) in [6.45, 7) is 6.30. The first-order valence-corrected chi connectivity index (χ1v) is 13.5. The first-order valence-electron chi connectivity index (χ1n) is 13.5. The van der Waals surface area contributed by atoms with E-state index in [1.807, 2.05) is 87.5 Å². The summed E-state index contributed by atoms with van der Waals surface area (Å²) < 4.78 is 23.3. The Hall–Kier alpha value is -5.48. The third-order valence-corrected chi connectivity index (χ3v) is 7.60. The van der Waals surface area contributed by atoms with Crippen molar-refractivity contribution in [3.8, 4) is 23.3 Å². The van der Waals surface area contributed by atoms with Crippen LogP contribution in [0.15, 0.2) is 101 Å². The largest absolute Gasteiger partial charge is 0.489 e. The van der Waals surface area contributed by atoms with E-state index in [4.69, 9.17) is 24.4 Å². The summed E-state index contributed by atoms with van der Waals surface area (Å²) in [4.78, 5) is 13.1. The first-order chi connectivity index (χ1) is 20.3. The quantitative estimate of drug-likeness (QED) is 0.172. The van der Waals surface area contributed by atoms with Crippen molar-refractivity contribution in [1.82, 2.24) is 0 Å². The van der Waals surface area contributed by atoms with Crippen LogP contribution in [0.4, 0.5) is 0 Å². The number of fused-ring (bicyclic) bond motifs is 2. The number of aryl methyl sites for hydroxylation is 3. The molecule has 2 heterocycles. The van der Waals surface area contributed by atoms with Crippen LogP contribution in [0.2, 0.25) is 0 Å². The second kappa shape index (κ2) is 10.8. The van der Waals surface area contributed by atoms with Crippen molar-refractivity contribution in [3.63, 3.8) is 0 Å². The number of esters is 1. The molecule has 2 N–H and O–H groups in total. The van der Waals surface area contributed by atoms with Gasteiger partial charge in [0.15, 0.2) is 0 Å². The Kier molecular flexibility index (Phi) is 6.89. The van der Waals surface area contributed by atoms with Crippen molar-refractivity contribution in [2.24, 2.45) is 5.73 Å². The molecule has 0 saturated heterocycles. The molecule has 208 valence electrons. The molecule has 7 nitrogen and oxygen atoms in total. The maximum absolute atomic E-state index is 13.1. The maximum atomic E-state index is 13.1. The molecule has 5 aromatic rings. The molecule has 1 unspecified atom stereocenters. The van der Waals surface area contributed by atoms with Crippen molar-refractivity contribution >= 4 is 16.9 Å². The number of nitrogens with zero attached hydrogens (tertiary/aromatic N) is 1. The summed E-state index contributed by atoms with van der Waals surface area (Å²) in [7, 11) is 0. The molecule has 1 aliphatic heterocycles. The molecule has 0 fully saturated rings. The third kappa shape index (κ3) is 4.95. The van der Waals surface area contributed by atoms with Crippen molar-refractivity contribution in [2.45, 2.75) is 33.3 Å². The van der Waals surface area contributed by atoms with Gasteiger partial charge in [-0.15, -0.1) is 0 Å². The molecule has 0 amide bonds. The van der Waals surface area contributed by atoms with Gasteiger partial charge in [-0.1, -0.05) is 48.5 Å². The van der Waals surface area contributed by atoms with Crippen molar-refractivity contribution in [2.75, 3.05) is 0 Å². The molecule has 1 aliphatic rings. The van der Waals surface area contributed by atoms with Gasteiger partial charge in [0.2, 0.25) is 11.6 Å². The van der Waals surface area contributed by atoms with Gasteiger partial charge in [-0.25, -0.2) is 4.79 Å². The number of ether oxygens (including phenoxy) is 3. The van der Waals surface area contributed by atoms with Gasteiger partial charge in [0.25, 0.3) is 0 Å². The number of benzene rings is 4. The summed E-state index contributed by atoms with van der Waals surface area (Å²) >= 11 is 0. The van der Waals surface area contributed by atoms with Crippen LogP contribution >= 0.6 is 0 Å². The predicted molar refractivity (Wildman–Crippen MR) is 158 cm³/mol. The van der Waals surface area contributed by atoms with E-state index in [0.29, 0.717) is 29.3 Å². The smallest absolute Gasteiger partial charge is 0.379 e. The number of carbonyl (C=O) groups is 1. The minimum Gasteiger partial charge on any atom is -0.489 e. The van der Waals surface area contributed by atoms with Crippen LogP contribution in [0.5, 0.6) is 17.2 Å². The second-order valence-corrected chi connectivity index (χ2v) is 10.3. The SMILES string of the molecule is Cc1cc2oc(C(=O)Oc3ccc4c(c3)OC(N)=C(C#N)C4c3ccc(OCc4ccccc4)cc3)c(C)c2cc1C. The molecule has 1 aromatic heterocycles. The first kappa shape index (κ1) is 26.7. The van der Waals surface area contributed by atoms with Gasteiger partial charge in [0, 0.05) is 22.6 Å². The second-order valence-electron chi connectivity index (χ2n) is 10.3. The molecule has 6 rings (SSSR count). The van der Waals surface area contributed by atoms with Crippen molar-refractivity contribution in [1.29, 1.82) is 5.26 Å². The van der Waals surface area contributed by atoms with Gasteiger partial charge in [-0.3, -0.25) is 0 Å². The minimum absolute atomic E-state index is 0.00162. The Morgan fingerprint density at radius 3 is 2.38 bits per heavy atom. The van der Waals surface area contributed by atoms with Crippen LogP contribution in [0.3, 0.4) is 0 Å². The van der Waals surface area contributed by atoms with Gasteiger partial charge in [-0.2, -0.15) is 5.26 Å². The molecule has 0 radical (unpaired) electrons. The summed E-state index contributed by atoms with van der Waals surface area (Å²) in [6.07, 6.45) is 0. The van der Waals surface area contributed by atoms with E-state index in [1.165, 1.54) is 0 Å². The number of hydrogen-bond donors (Lipinski definition) is 1. The van der Waals surface area contributed by atoms with E-state index < -0.39 is 11.9 Å². The van der Waals surface area contributed by atoms with Gasteiger partial charge >= 0.3 is 5.97 Å². The number of allylic oxidation sites excluding steroid dienone is 1. The molecule has 1 atom stereocenters. The molecule has 7 heteroatoms. The van der Waals surface area contributed by atoms with Crippen LogP contribution in [0.25, 0.3) is 11.0 Å². The minimum atomic E-state index is -0.612. The fraction of sp³-hybridized carbons (Fsp3) is 0.143. The van der Waals surface area contributed by atoms with Crippen LogP contribution in [-0.4, -0.2) is 5.97 Å². The lowest BCUT2D eigenvalue weighted by Gasteiger charge is -2.26. The lowest BCUT2D eigenvalue weighted by Crippen LogP contribution is -2.21. The zero-order valence-electron chi connectivity index (χ0n) is 23.4. The maximum Gasteiger partial charge on any atom is 0.379 e. The fourth-order valence-corrected chi connectivity index (χ4v) is 5.16. The molecule has 0 spiro atoms. The van der Waals surface area contributed by atoms with Crippen molar-refractivity contribution < 1.29 is 23.4 Å². The Balaban J connectivity index is 1.25. The number of rotatable bonds is 6. The topological polar surface area (TPSA) is 108 Å². The fourth-order valence-electron chi connectivity index (χ4n) is 5.16. The number of nitrogens with two attached hydrogens (primary N) is 1. The van der Waals surface area contributed by atoms with E-state index >= 15 is 0 Å². The van der Waals surface area contributed by atoms with Gasteiger partial charge < -0.3 is 24.4 Å². The van der Waals surface area contributed by atoms with Gasteiger partial charge in [0.05, 0.1) is 5.92 Å². The molecule has 0 aliphatic carbocycles. The normalized spacial score (nSPS) is 14.2. The zero-order valence-corrected chi connectivity index (χ0v) is 23.4. The number of nitriles is 1. The molecule has 0 saturated carbocycles. The van der Waals surface area contributed by atoms with Crippen LogP contribution in [0, 0.1) is 32.1 Å². The zero-order chi connectivity index (χ0) is 29.4. The highest BCUT2D eigenvalue weighted by atomic mass is 16.5. The Morgan fingerprint density at radius 2 is 1.64 bits per heavy atom. The Labute approximate surface area is 243 Å². The predicted octanol–water partition coefficient (Wildman–Crippen LogP) is 7.37. The average molecular weight is 557 g/mol. The number of hydrogen-bond acceptors (Lipinski definition) is 7. The van der Waals surface area contributed by atoms with E-state index in [-0.39, 0.29) is 17.4 Å². The number of carbonyl (C=O) groups excluding carboxylic acids is 1. The van der Waals surface area contributed by atoms with Gasteiger partial charge in [-0.05, 0) is 73.4 Å². The monoisotopic (exact) mass is 556 g/mol. The van der Waals surface area contributed by atoms with E-state index in [0.717, 1.165) is 38.8 Å². The summed E-state index contributed by atoms with van der Waals surface area (Å²) in [5.41, 5.74) is 12.7. The molecular weight excluding hydrogens is 528 g/mol. The highest BCUT2D eigenvalue weighted by molar-refractivity contribution is 5.97. The standard InChI is InChI=1S/C35H28N2O5/c1-20-15-28-22(3)33(41-30(28)16-21(20)2)35(38)40-26-13-14-27-31(17-26)42-34(37)29(18-36)32(27)24-9-11-25(12-10-24)39-19-23-7-5-4-6-8-23/h4-17,32H,19,37H2,1-3H3. The molecule has 42 heavy (non-hydrogen) atoms. The van der Waals surface area contributed by atoms with E-state index in [1.54, 1.807) is 18.2 Å². The Morgan fingerprint density at radius 1 is 0.929 bits per heavy atom. The van der Waals surface area contributed by atoms with Crippen molar-refractivity contribution in [3.05, 3.63) is 136 Å². The average Bonchev–Trinajstić information content (AvgIpc) is 3.31. The van der Waals surface area contributed by atoms with E-state index in [2.05, 4.69) is 6.07 Å². The third-order valence-electron chi connectivity index (χ3n) is 7.60. The van der Waals surface area contributed by atoms with Gasteiger partial charge in [0.1, 0.15) is 41.1 Å². The number of furan rings is 1. The molecule has 4 aromatic carbocycles. The van der Waals surface area contributed by atoms with E-state index in [9.17, 15) is 10.1 Å². The lowest BCUT2D eigenvalue weighted by molar-refractivity contribution is 0.0702. The lowest BCUT2D eigenvalue weighted by atomic mass is 9.83. The molecule has 0 bridgehead atoms. The van der Waals surface area contributed by atoms with Crippen LogP contribution < -0.4 is 19.9 Å². The highest BCUT2D eigenvalue weighted by Crippen LogP contribution is 2.44. The van der Waals surface area contributed by atoms with Crippen LogP contribution in [0.1, 0.15) is 49.9 Å². The Bertz CT molecular complexity index is 1900. The summed E-state index contributed by atoms with van der Waals surface area (Å²) in [5.74, 6) is 0.448. The summed E-state index contributed by atoms with van der Waals surface area (Å²) in [6, 6.07) is 28.7. The summed E-state index contributed by atoms with van der Waals surface area (Å²) in [5, 5.41) is 10.8. The van der Waals surface area contributed by atoms with Crippen LogP contribution in [-0.2, 0) is 6.61 Å². The molecular formula is C35H28N2O5.